The summed E-state index contributed by atoms with van der Waals surface area (Å²) in [5, 5.41) is 1.26. The van der Waals surface area contributed by atoms with E-state index in [9.17, 15) is 0 Å². The molecular formula is C7H10Br2N2Si. The van der Waals surface area contributed by atoms with Crippen LogP contribution in [0.2, 0.25) is 19.6 Å². The number of aromatic nitrogens is 2. The van der Waals surface area contributed by atoms with Gasteiger partial charge < -0.3 is 0 Å². The van der Waals surface area contributed by atoms with E-state index in [4.69, 9.17) is 0 Å². The predicted molar refractivity (Wildman–Crippen MR) is 60.4 cm³/mol. The van der Waals surface area contributed by atoms with Gasteiger partial charge in [0.1, 0.15) is 4.60 Å². The predicted octanol–water partition coefficient (Wildman–Crippen LogP) is 2.55. The van der Waals surface area contributed by atoms with Gasteiger partial charge in [0.2, 0.25) is 0 Å². The summed E-state index contributed by atoms with van der Waals surface area (Å²) in [5.74, 6) is 0. The SMILES string of the molecule is C[Si](C)(C)c1cnc(Br)nc1Br. The van der Waals surface area contributed by atoms with Crippen molar-refractivity contribution >= 4 is 45.1 Å². The molecule has 0 atom stereocenters. The van der Waals surface area contributed by atoms with Crippen LogP contribution in [-0.2, 0) is 0 Å². The van der Waals surface area contributed by atoms with Gasteiger partial charge in [0.25, 0.3) is 0 Å². The van der Waals surface area contributed by atoms with Crippen LogP contribution in [0, 0.1) is 0 Å². The van der Waals surface area contributed by atoms with E-state index in [0.717, 1.165) is 4.60 Å². The van der Waals surface area contributed by atoms with Crippen LogP contribution in [-0.4, -0.2) is 18.0 Å². The maximum absolute atomic E-state index is 4.20. The first kappa shape index (κ1) is 10.3. The molecule has 1 aromatic rings. The first-order valence-corrected chi connectivity index (χ1v) is 8.68. The van der Waals surface area contributed by atoms with Crippen molar-refractivity contribution < 1.29 is 0 Å². The summed E-state index contributed by atoms with van der Waals surface area (Å²) < 4.78 is 1.56. The Kier molecular flexibility index (Phi) is 3.06. The molecular weight excluding hydrogens is 300 g/mol. The molecule has 0 radical (unpaired) electrons. The third kappa shape index (κ3) is 2.37. The minimum absolute atomic E-state index is 0.636. The summed E-state index contributed by atoms with van der Waals surface area (Å²) in [6.07, 6.45) is 1.90. The molecule has 1 rings (SSSR count). The molecule has 0 aliphatic carbocycles. The molecule has 2 nitrogen and oxygen atoms in total. The molecule has 0 aliphatic heterocycles. The third-order valence-electron chi connectivity index (χ3n) is 1.52. The van der Waals surface area contributed by atoms with Gasteiger partial charge in [-0.05, 0) is 37.0 Å². The van der Waals surface area contributed by atoms with Crippen LogP contribution >= 0.6 is 31.9 Å². The Bertz CT molecular complexity index is 296. The van der Waals surface area contributed by atoms with Crippen LogP contribution in [0.5, 0.6) is 0 Å². The second-order valence-electron chi connectivity index (χ2n) is 3.59. The van der Waals surface area contributed by atoms with Crippen LogP contribution < -0.4 is 5.19 Å². The van der Waals surface area contributed by atoms with Gasteiger partial charge in [-0.1, -0.05) is 19.6 Å². The Hall–Kier alpha value is 0.257. The first-order valence-electron chi connectivity index (χ1n) is 3.60. The van der Waals surface area contributed by atoms with Crippen LogP contribution in [0.15, 0.2) is 15.5 Å². The molecule has 0 saturated carbocycles. The van der Waals surface area contributed by atoms with E-state index in [1.165, 1.54) is 5.19 Å². The quantitative estimate of drug-likeness (QED) is 0.453. The maximum atomic E-state index is 4.20. The summed E-state index contributed by atoms with van der Waals surface area (Å²) in [5.41, 5.74) is 0. The van der Waals surface area contributed by atoms with Gasteiger partial charge in [0, 0.05) is 6.20 Å². The Morgan fingerprint density at radius 3 is 2.25 bits per heavy atom. The second-order valence-corrected chi connectivity index (χ2v) is 10.1. The lowest BCUT2D eigenvalue weighted by Gasteiger charge is -2.16. The minimum Gasteiger partial charge on any atom is -0.231 e. The van der Waals surface area contributed by atoms with Crippen molar-refractivity contribution in [2.75, 3.05) is 0 Å². The van der Waals surface area contributed by atoms with E-state index in [0.29, 0.717) is 4.73 Å². The Morgan fingerprint density at radius 1 is 1.25 bits per heavy atom. The highest BCUT2D eigenvalue weighted by molar-refractivity contribution is 9.11. The molecule has 1 aromatic heterocycles. The molecule has 5 heteroatoms. The highest BCUT2D eigenvalue weighted by Gasteiger charge is 2.20. The lowest BCUT2D eigenvalue weighted by atomic mass is 10.7. The minimum atomic E-state index is -1.29. The zero-order valence-electron chi connectivity index (χ0n) is 7.23. The average Bonchev–Trinajstić information content (AvgIpc) is 1.83. The van der Waals surface area contributed by atoms with Crippen molar-refractivity contribution in [3.8, 4) is 0 Å². The molecule has 0 aromatic carbocycles. The van der Waals surface area contributed by atoms with Crippen molar-refractivity contribution in [1.82, 2.24) is 9.97 Å². The molecule has 0 spiro atoms. The smallest absolute Gasteiger partial charge is 0.197 e. The molecule has 0 bridgehead atoms. The van der Waals surface area contributed by atoms with Crippen molar-refractivity contribution in [2.45, 2.75) is 19.6 Å². The molecule has 0 unspecified atom stereocenters. The fourth-order valence-electron chi connectivity index (χ4n) is 0.844. The van der Waals surface area contributed by atoms with Crippen LogP contribution in [0.4, 0.5) is 0 Å². The molecule has 0 fully saturated rings. The zero-order chi connectivity index (χ0) is 9.35. The van der Waals surface area contributed by atoms with Gasteiger partial charge in [0.15, 0.2) is 4.73 Å². The van der Waals surface area contributed by atoms with E-state index in [2.05, 4.69) is 61.5 Å². The molecule has 0 amide bonds. The van der Waals surface area contributed by atoms with E-state index in [-0.39, 0.29) is 0 Å². The number of hydrogen-bond acceptors (Lipinski definition) is 2. The zero-order valence-corrected chi connectivity index (χ0v) is 11.4. The molecule has 12 heavy (non-hydrogen) atoms. The number of nitrogens with zero attached hydrogens (tertiary/aromatic N) is 2. The third-order valence-corrected chi connectivity index (χ3v) is 4.86. The number of rotatable bonds is 1. The summed E-state index contributed by atoms with van der Waals surface area (Å²) >= 11 is 6.66. The van der Waals surface area contributed by atoms with E-state index in [1.54, 1.807) is 0 Å². The Balaban J connectivity index is 3.19. The van der Waals surface area contributed by atoms with Crippen molar-refractivity contribution in [3.63, 3.8) is 0 Å². The van der Waals surface area contributed by atoms with Crippen molar-refractivity contribution in [1.29, 1.82) is 0 Å². The monoisotopic (exact) mass is 308 g/mol. The van der Waals surface area contributed by atoms with E-state index >= 15 is 0 Å². The summed E-state index contributed by atoms with van der Waals surface area (Å²) in [6, 6.07) is 0. The standard InChI is InChI=1S/C7H10Br2N2Si/c1-12(2,3)5-4-10-7(9)11-6(5)8/h4H,1-3H3. The second kappa shape index (κ2) is 3.55. The first-order chi connectivity index (χ1) is 5.41. The van der Waals surface area contributed by atoms with Gasteiger partial charge in [-0.2, -0.15) is 0 Å². The van der Waals surface area contributed by atoms with E-state index in [1.807, 2.05) is 6.20 Å². The molecule has 1 heterocycles. The summed E-state index contributed by atoms with van der Waals surface area (Å²) in [7, 11) is -1.29. The Morgan fingerprint density at radius 2 is 1.83 bits per heavy atom. The molecule has 0 saturated heterocycles. The Labute approximate surface area is 90.1 Å². The van der Waals surface area contributed by atoms with Gasteiger partial charge in [-0.3, -0.25) is 0 Å². The summed E-state index contributed by atoms with van der Waals surface area (Å²) in [4.78, 5) is 8.31. The van der Waals surface area contributed by atoms with Gasteiger partial charge in [-0.15, -0.1) is 0 Å². The van der Waals surface area contributed by atoms with Crippen molar-refractivity contribution in [2.24, 2.45) is 0 Å². The van der Waals surface area contributed by atoms with Gasteiger partial charge in [0.05, 0.1) is 8.07 Å². The van der Waals surface area contributed by atoms with E-state index < -0.39 is 8.07 Å². The molecule has 0 N–H and O–H groups in total. The largest absolute Gasteiger partial charge is 0.231 e. The maximum Gasteiger partial charge on any atom is 0.197 e. The molecule has 0 aliphatic rings. The fourth-order valence-corrected chi connectivity index (χ4v) is 4.54. The van der Waals surface area contributed by atoms with Gasteiger partial charge in [-0.25, -0.2) is 9.97 Å². The topological polar surface area (TPSA) is 25.8 Å². The normalized spacial score (nSPS) is 11.8. The highest BCUT2D eigenvalue weighted by atomic mass is 79.9. The van der Waals surface area contributed by atoms with Crippen LogP contribution in [0.25, 0.3) is 0 Å². The van der Waals surface area contributed by atoms with Gasteiger partial charge >= 0.3 is 0 Å². The average molecular weight is 310 g/mol. The summed E-state index contributed by atoms with van der Waals surface area (Å²) in [6.45, 7) is 6.80. The fraction of sp³-hybridized carbons (Fsp3) is 0.429. The highest BCUT2D eigenvalue weighted by Crippen LogP contribution is 2.12. The van der Waals surface area contributed by atoms with Crippen LogP contribution in [0.1, 0.15) is 0 Å². The number of halogens is 2. The van der Waals surface area contributed by atoms with Crippen molar-refractivity contribution in [3.05, 3.63) is 15.5 Å². The number of hydrogen-bond donors (Lipinski definition) is 0. The lowest BCUT2D eigenvalue weighted by molar-refractivity contribution is 1.10. The van der Waals surface area contributed by atoms with Crippen LogP contribution in [0.3, 0.4) is 0 Å². The lowest BCUT2D eigenvalue weighted by Crippen LogP contribution is -2.39. The molecule has 66 valence electrons.